The Labute approximate surface area is 266 Å². The molecule has 4 aromatic rings. The molecule has 0 bridgehead atoms. The van der Waals surface area contributed by atoms with Crippen LogP contribution in [0.1, 0.15) is 70.9 Å². The van der Waals surface area contributed by atoms with Crippen LogP contribution in [0.2, 0.25) is 0 Å². The van der Waals surface area contributed by atoms with Crippen LogP contribution in [0, 0.1) is 12.8 Å². The highest BCUT2D eigenvalue weighted by Crippen LogP contribution is 2.47. The van der Waals surface area contributed by atoms with Crippen LogP contribution in [0.3, 0.4) is 0 Å². The molecule has 11 heteroatoms. The van der Waals surface area contributed by atoms with Crippen LogP contribution in [0.25, 0.3) is 22.2 Å². The number of hydrogen-bond acceptors (Lipinski definition) is 5. The average molecular weight is 631 g/mol. The van der Waals surface area contributed by atoms with Crippen LogP contribution in [0.4, 0.5) is 0 Å². The van der Waals surface area contributed by atoms with Crippen molar-refractivity contribution >= 4 is 33.9 Å². The first kappa shape index (κ1) is 31.0. The maximum absolute atomic E-state index is 13.9. The molecule has 238 valence electrons. The third-order valence-electron chi connectivity index (χ3n) is 9.24. The van der Waals surface area contributed by atoms with Crippen LogP contribution in [-0.2, 0) is 42.5 Å². The molecule has 1 saturated carbocycles. The van der Waals surface area contributed by atoms with Gasteiger partial charge >= 0.3 is 0 Å². The number of carbonyl (C=O) groups is 2. The zero-order valence-electron chi connectivity index (χ0n) is 26.7. The minimum absolute atomic E-state index is 0.0354. The van der Waals surface area contributed by atoms with Gasteiger partial charge in [0, 0.05) is 49.7 Å². The summed E-state index contributed by atoms with van der Waals surface area (Å²) >= 11 is -1.65. The average Bonchev–Trinajstić information content (AvgIpc) is 3.47. The number of nitrogens with zero attached hydrogens (tertiary/aromatic N) is 4. The van der Waals surface area contributed by atoms with Crippen molar-refractivity contribution in [2.45, 2.75) is 64.5 Å². The van der Waals surface area contributed by atoms with Crippen molar-refractivity contribution < 1.29 is 18.5 Å². The van der Waals surface area contributed by atoms with E-state index in [-0.39, 0.29) is 11.8 Å². The molecular formula is C34H42N6O4S. The third kappa shape index (κ3) is 6.15. The molecule has 45 heavy (non-hydrogen) atoms. The van der Waals surface area contributed by atoms with Gasteiger partial charge in [0.25, 0.3) is 5.91 Å². The van der Waals surface area contributed by atoms with Gasteiger partial charge in [0.2, 0.25) is 5.91 Å². The van der Waals surface area contributed by atoms with Crippen LogP contribution in [0.5, 0.6) is 5.75 Å². The van der Waals surface area contributed by atoms with Crippen LogP contribution in [-0.4, -0.2) is 55.9 Å². The van der Waals surface area contributed by atoms with Crippen molar-refractivity contribution in [1.29, 1.82) is 0 Å². The molecule has 2 atom stereocenters. The molecule has 1 aliphatic carbocycles. The first-order chi connectivity index (χ1) is 21.6. The Hall–Kier alpha value is -3.96. The van der Waals surface area contributed by atoms with E-state index in [9.17, 15) is 13.8 Å². The normalized spacial score (nSPS) is 17.4. The predicted octanol–water partition coefficient (Wildman–Crippen LogP) is 4.77. The van der Waals surface area contributed by atoms with Gasteiger partial charge in [0.15, 0.2) is 11.2 Å². The Morgan fingerprint density at radius 3 is 2.56 bits per heavy atom. The number of amides is 2. The number of methoxy groups -OCH3 is 1. The van der Waals surface area contributed by atoms with Gasteiger partial charge in [-0.25, -0.2) is 8.51 Å². The second kappa shape index (κ2) is 12.8. The van der Waals surface area contributed by atoms with Crippen LogP contribution < -0.4 is 14.8 Å². The lowest BCUT2D eigenvalue weighted by atomic mass is 9.81. The molecule has 3 heterocycles. The van der Waals surface area contributed by atoms with Crippen molar-refractivity contribution in [1.82, 2.24) is 28.7 Å². The Kier molecular flexibility index (Phi) is 8.83. The molecule has 2 N–H and O–H groups in total. The van der Waals surface area contributed by atoms with E-state index in [1.807, 2.05) is 44.3 Å². The second-order valence-electron chi connectivity index (χ2n) is 12.5. The summed E-state index contributed by atoms with van der Waals surface area (Å²) in [5, 5.41) is 8.70. The summed E-state index contributed by atoms with van der Waals surface area (Å²) in [6.45, 7) is 2.79. The number of aryl methyl sites for hydroxylation is 2. The van der Waals surface area contributed by atoms with Gasteiger partial charge in [-0.1, -0.05) is 25.3 Å². The topological polar surface area (TPSA) is 110 Å². The summed E-state index contributed by atoms with van der Waals surface area (Å²) < 4.78 is 26.1. The maximum atomic E-state index is 13.9. The Morgan fingerprint density at radius 2 is 1.87 bits per heavy atom. The van der Waals surface area contributed by atoms with Crippen LogP contribution in [0.15, 0.2) is 42.5 Å². The van der Waals surface area contributed by atoms with Crippen molar-refractivity contribution in [3.8, 4) is 17.0 Å². The Balaban J connectivity index is 1.48. The number of nitrogens with one attached hydrogen (secondary N) is 2. The van der Waals surface area contributed by atoms with Gasteiger partial charge in [-0.05, 0) is 79.6 Å². The smallest absolute Gasteiger partial charge is 0.264 e. The zero-order chi connectivity index (χ0) is 31.8. The summed E-state index contributed by atoms with van der Waals surface area (Å²) in [4.78, 5) is 27.1. The number of fused-ring (bicyclic) bond motifs is 5. The minimum atomic E-state index is -1.65. The Morgan fingerprint density at radius 1 is 1.09 bits per heavy atom. The van der Waals surface area contributed by atoms with E-state index in [0.29, 0.717) is 31.0 Å². The quantitative estimate of drug-likeness (QED) is 0.292. The molecule has 1 fully saturated rings. The zero-order valence-corrected chi connectivity index (χ0v) is 27.5. The molecule has 2 unspecified atom stereocenters. The number of benzene rings is 2. The van der Waals surface area contributed by atoms with E-state index in [4.69, 9.17) is 4.74 Å². The fraction of sp³-hybridized carbons (Fsp3) is 0.441. The van der Waals surface area contributed by atoms with Gasteiger partial charge < -0.3 is 14.6 Å². The molecule has 0 spiro atoms. The summed E-state index contributed by atoms with van der Waals surface area (Å²) in [5.41, 5.74) is 7.79. The molecule has 2 aliphatic rings. The largest absolute Gasteiger partial charge is 0.497 e. The van der Waals surface area contributed by atoms with Gasteiger partial charge in [-0.3, -0.25) is 19.0 Å². The van der Waals surface area contributed by atoms with Crippen molar-refractivity contribution in [3.05, 3.63) is 70.5 Å². The lowest BCUT2D eigenvalue weighted by Gasteiger charge is -2.24. The molecule has 6 rings (SSSR count). The molecule has 2 aromatic heterocycles. The molecule has 10 nitrogen and oxygen atoms in total. The molecule has 0 saturated heterocycles. The summed E-state index contributed by atoms with van der Waals surface area (Å²) in [5.74, 6) is 0.340. The standard InChI is InChI=1S/C34H42N6O4S/c1-21-15-26(39(4)36-21)19-35-33(41)25-16-24-17-27(44-5)12-14-28(24)32-31(22-9-7-6-8-10-22)29-13-11-23(18-30(29)40(32)20-25)34(42)37-45(43)38(2)3/h11-15,17-18,22,25H,6-10,16,19-20H2,1-5H3,(H,35,41)(H,37,42). The lowest BCUT2D eigenvalue weighted by Crippen LogP contribution is -2.34. The maximum Gasteiger partial charge on any atom is 0.264 e. The number of aromatic nitrogens is 3. The van der Waals surface area contributed by atoms with E-state index in [0.717, 1.165) is 57.7 Å². The molecule has 1 aliphatic heterocycles. The van der Waals surface area contributed by atoms with Gasteiger partial charge in [-0.15, -0.1) is 0 Å². The Bertz CT molecular complexity index is 1780. The van der Waals surface area contributed by atoms with Gasteiger partial charge in [0.05, 0.1) is 36.7 Å². The molecular weight excluding hydrogens is 588 g/mol. The van der Waals surface area contributed by atoms with E-state index in [1.165, 1.54) is 29.1 Å². The van der Waals surface area contributed by atoms with E-state index >= 15 is 0 Å². The number of rotatable bonds is 8. The third-order valence-corrected chi connectivity index (χ3v) is 10.3. The number of carbonyl (C=O) groups excluding carboxylic acids is 2. The highest BCUT2D eigenvalue weighted by atomic mass is 32.2. The van der Waals surface area contributed by atoms with E-state index in [1.54, 1.807) is 25.9 Å². The first-order valence-corrected chi connectivity index (χ1v) is 16.8. The van der Waals surface area contributed by atoms with Crippen LogP contribution >= 0.6 is 0 Å². The van der Waals surface area contributed by atoms with Gasteiger partial charge in [0.1, 0.15) is 5.75 Å². The summed E-state index contributed by atoms with van der Waals surface area (Å²) in [6, 6.07) is 13.9. The van der Waals surface area contributed by atoms with Crippen molar-refractivity contribution in [2.24, 2.45) is 13.0 Å². The number of ether oxygens (including phenoxy) is 1. The van der Waals surface area contributed by atoms with E-state index < -0.39 is 17.1 Å². The van der Waals surface area contributed by atoms with Crippen molar-refractivity contribution in [3.63, 3.8) is 0 Å². The summed E-state index contributed by atoms with van der Waals surface area (Å²) in [6.07, 6.45) is 6.37. The molecule has 0 radical (unpaired) electrons. The SMILES string of the molecule is COc1ccc2c(c1)CC(C(=O)NCc1cc(C)nn1C)Cn1c-2c(C2CCCCC2)c2ccc(C(=O)NS(=O)N(C)C)cc21. The molecule has 2 aromatic carbocycles. The fourth-order valence-electron chi connectivity index (χ4n) is 7.01. The van der Waals surface area contributed by atoms with Crippen molar-refractivity contribution in [2.75, 3.05) is 21.2 Å². The highest BCUT2D eigenvalue weighted by Gasteiger charge is 2.33. The predicted molar refractivity (Wildman–Crippen MR) is 176 cm³/mol. The molecule has 2 amide bonds. The van der Waals surface area contributed by atoms with Gasteiger partial charge in [-0.2, -0.15) is 5.10 Å². The second-order valence-corrected chi connectivity index (χ2v) is 13.9. The van der Waals surface area contributed by atoms with E-state index in [2.05, 4.69) is 31.8 Å². The lowest BCUT2D eigenvalue weighted by molar-refractivity contribution is -0.125. The minimum Gasteiger partial charge on any atom is -0.497 e. The first-order valence-electron chi connectivity index (χ1n) is 15.7. The highest BCUT2D eigenvalue weighted by molar-refractivity contribution is 7.81. The summed E-state index contributed by atoms with van der Waals surface area (Å²) in [7, 11) is 6.85. The number of hydrogen-bond donors (Lipinski definition) is 2. The monoisotopic (exact) mass is 630 g/mol. The fourth-order valence-corrected chi connectivity index (χ4v) is 7.47.